The molecule has 0 atom stereocenters. The second kappa shape index (κ2) is 6.71. The topological polar surface area (TPSA) is 100 Å². The van der Waals surface area contributed by atoms with Gasteiger partial charge < -0.3 is 15.7 Å². The number of aliphatic hydroxyl groups excluding tert-OH is 1. The zero-order valence-corrected chi connectivity index (χ0v) is 12.3. The first-order chi connectivity index (χ1) is 10.1. The lowest BCUT2D eigenvalue weighted by atomic mass is 10.0. The third kappa shape index (κ3) is 4.04. The number of aliphatic hydroxyl groups is 1. The van der Waals surface area contributed by atoms with E-state index in [1.807, 2.05) is 6.92 Å². The SMILES string of the molecule is CCCNc1ccc([N+](=O)[O-])c(NCC2(CCO)CC2)n1. The standard InChI is InChI=1S/C14H22N4O3/c1-2-8-15-12-4-3-11(18(20)21)13(17-12)16-10-14(5-6-14)7-9-19/h3-4,19H,2,5-10H2,1H3,(H2,15,16,17). The van der Waals surface area contributed by atoms with Gasteiger partial charge in [0.1, 0.15) is 5.82 Å². The van der Waals surface area contributed by atoms with Crippen molar-refractivity contribution in [2.45, 2.75) is 32.6 Å². The van der Waals surface area contributed by atoms with E-state index in [-0.39, 0.29) is 17.7 Å². The lowest BCUT2D eigenvalue weighted by Crippen LogP contribution is -2.18. The van der Waals surface area contributed by atoms with Crippen LogP contribution < -0.4 is 10.6 Å². The number of aromatic nitrogens is 1. The molecule has 1 aliphatic carbocycles. The van der Waals surface area contributed by atoms with Gasteiger partial charge in [-0.05, 0) is 37.2 Å². The number of anilines is 2. The number of nitro groups is 1. The molecule has 3 N–H and O–H groups in total. The molecule has 0 aromatic carbocycles. The van der Waals surface area contributed by atoms with E-state index in [0.717, 1.165) is 32.2 Å². The Morgan fingerprint density at radius 1 is 1.43 bits per heavy atom. The Kier molecular flexibility index (Phi) is 4.95. The Morgan fingerprint density at radius 3 is 2.76 bits per heavy atom. The number of hydrogen-bond acceptors (Lipinski definition) is 6. The zero-order valence-electron chi connectivity index (χ0n) is 12.3. The summed E-state index contributed by atoms with van der Waals surface area (Å²) in [4.78, 5) is 14.9. The number of pyridine rings is 1. The molecule has 1 fully saturated rings. The predicted molar refractivity (Wildman–Crippen MR) is 81.5 cm³/mol. The monoisotopic (exact) mass is 294 g/mol. The van der Waals surface area contributed by atoms with Crippen molar-refractivity contribution in [1.82, 2.24) is 4.98 Å². The molecule has 1 saturated carbocycles. The molecular formula is C14H22N4O3. The number of nitrogens with one attached hydrogen (secondary N) is 2. The first kappa shape index (κ1) is 15.5. The van der Waals surface area contributed by atoms with E-state index in [4.69, 9.17) is 5.11 Å². The second-order valence-electron chi connectivity index (χ2n) is 5.58. The maximum absolute atomic E-state index is 11.1. The smallest absolute Gasteiger partial charge is 0.311 e. The second-order valence-corrected chi connectivity index (χ2v) is 5.58. The quantitative estimate of drug-likeness (QED) is 0.477. The Hall–Kier alpha value is -1.89. The minimum atomic E-state index is -0.426. The zero-order chi connectivity index (χ0) is 15.3. The van der Waals surface area contributed by atoms with Crippen LogP contribution in [0.5, 0.6) is 0 Å². The summed E-state index contributed by atoms with van der Waals surface area (Å²) in [5.74, 6) is 0.933. The fourth-order valence-electron chi connectivity index (χ4n) is 2.28. The van der Waals surface area contributed by atoms with Crippen molar-refractivity contribution in [3.05, 3.63) is 22.2 Å². The normalized spacial score (nSPS) is 15.5. The molecule has 21 heavy (non-hydrogen) atoms. The molecule has 0 bridgehead atoms. The maximum Gasteiger partial charge on any atom is 0.311 e. The van der Waals surface area contributed by atoms with Crippen molar-refractivity contribution < 1.29 is 10.0 Å². The predicted octanol–water partition coefficient (Wildman–Crippen LogP) is 2.39. The summed E-state index contributed by atoms with van der Waals surface area (Å²) in [5, 5.41) is 26.4. The van der Waals surface area contributed by atoms with E-state index in [9.17, 15) is 10.1 Å². The highest BCUT2D eigenvalue weighted by Crippen LogP contribution is 2.48. The molecule has 1 aromatic rings. The Balaban J connectivity index is 2.09. The van der Waals surface area contributed by atoms with Crippen LogP contribution in [0.2, 0.25) is 0 Å². The van der Waals surface area contributed by atoms with Crippen LogP contribution in [0, 0.1) is 15.5 Å². The average molecular weight is 294 g/mol. The van der Waals surface area contributed by atoms with Crippen LogP contribution in [-0.4, -0.2) is 34.7 Å². The molecule has 1 aromatic heterocycles. The molecule has 2 rings (SSSR count). The van der Waals surface area contributed by atoms with E-state index in [1.54, 1.807) is 6.07 Å². The minimum Gasteiger partial charge on any atom is -0.396 e. The van der Waals surface area contributed by atoms with E-state index in [1.165, 1.54) is 6.07 Å². The molecule has 0 unspecified atom stereocenters. The van der Waals surface area contributed by atoms with Crippen molar-refractivity contribution >= 4 is 17.3 Å². The lowest BCUT2D eigenvalue weighted by molar-refractivity contribution is -0.384. The number of nitrogens with zero attached hydrogens (tertiary/aromatic N) is 2. The van der Waals surface area contributed by atoms with Gasteiger partial charge in [-0.2, -0.15) is 0 Å². The van der Waals surface area contributed by atoms with Crippen molar-refractivity contribution in [3.8, 4) is 0 Å². The summed E-state index contributed by atoms with van der Waals surface area (Å²) in [5.41, 5.74) is 0.0637. The minimum absolute atomic E-state index is 0.0168. The van der Waals surface area contributed by atoms with Crippen LogP contribution in [0.15, 0.2) is 12.1 Å². The fourth-order valence-corrected chi connectivity index (χ4v) is 2.28. The summed E-state index contributed by atoms with van der Waals surface area (Å²) < 4.78 is 0. The van der Waals surface area contributed by atoms with Gasteiger partial charge in [0.05, 0.1) is 4.92 Å². The van der Waals surface area contributed by atoms with E-state index >= 15 is 0 Å². The highest BCUT2D eigenvalue weighted by Gasteiger charge is 2.42. The third-order valence-corrected chi connectivity index (χ3v) is 3.86. The summed E-state index contributed by atoms with van der Waals surface area (Å²) in [7, 11) is 0. The molecule has 1 aliphatic rings. The average Bonchev–Trinajstić information content (AvgIpc) is 3.23. The molecule has 7 nitrogen and oxygen atoms in total. The Bertz CT molecular complexity index is 503. The largest absolute Gasteiger partial charge is 0.396 e. The molecule has 0 aliphatic heterocycles. The van der Waals surface area contributed by atoms with Gasteiger partial charge in [0, 0.05) is 25.8 Å². The highest BCUT2D eigenvalue weighted by atomic mass is 16.6. The molecular weight excluding hydrogens is 272 g/mol. The summed E-state index contributed by atoms with van der Waals surface area (Å²) in [6, 6.07) is 3.10. The maximum atomic E-state index is 11.1. The van der Waals surface area contributed by atoms with Crippen molar-refractivity contribution in [3.63, 3.8) is 0 Å². The van der Waals surface area contributed by atoms with Crippen LogP contribution >= 0.6 is 0 Å². The van der Waals surface area contributed by atoms with Crippen LogP contribution in [0.1, 0.15) is 32.6 Å². The third-order valence-electron chi connectivity index (χ3n) is 3.86. The van der Waals surface area contributed by atoms with Gasteiger partial charge in [-0.1, -0.05) is 6.92 Å². The van der Waals surface area contributed by atoms with Crippen LogP contribution in [-0.2, 0) is 0 Å². The first-order valence-electron chi connectivity index (χ1n) is 7.34. The van der Waals surface area contributed by atoms with Crippen LogP contribution in [0.25, 0.3) is 0 Å². The van der Waals surface area contributed by atoms with Crippen molar-refractivity contribution in [2.75, 3.05) is 30.3 Å². The van der Waals surface area contributed by atoms with Crippen molar-refractivity contribution in [2.24, 2.45) is 5.41 Å². The van der Waals surface area contributed by atoms with E-state index < -0.39 is 4.92 Å². The van der Waals surface area contributed by atoms with Crippen molar-refractivity contribution in [1.29, 1.82) is 0 Å². The van der Waals surface area contributed by atoms with E-state index in [2.05, 4.69) is 15.6 Å². The van der Waals surface area contributed by atoms with Gasteiger partial charge in [0.15, 0.2) is 0 Å². The van der Waals surface area contributed by atoms with Gasteiger partial charge in [0.25, 0.3) is 0 Å². The van der Waals surface area contributed by atoms with Crippen LogP contribution in [0.4, 0.5) is 17.3 Å². The number of rotatable bonds is 9. The molecule has 1 heterocycles. The highest BCUT2D eigenvalue weighted by molar-refractivity contribution is 5.60. The molecule has 7 heteroatoms. The summed E-state index contributed by atoms with van der Waals surface area (Å²) >= 11 is 0. The molecule has 0 spiro atoms. The van der Waals surface area contributed by atoms with Gasteiger partial charge in [-0.15, -0.1) is 0 Å². The summed E-state index contributed by atoms with van der Waals surface area (Å²) in [6.45, 7) is 3.58. The lowest BCUT2D eigenvalue weighted by Gasteiger charge is -2.15. The summed E-state index contributed by atoms with van der Waals surface area (Å²) in [6.07, 6.45) is 3.77. The Morgan fingerprint density at radius 2 is 2.19 bits per heavy atom. The van der Waals surface area contributed by atoms with Gasteiger partial charge in [-0.25, -0.2) is 4.98 Å². The van der Waals surface area contributed by atoms with Gasteiger partial charge in [-0.3, -0.25) is 10.1 Å². The van der Waals surface area contributed by atoms with Gasteiger partial charge in [0.2, 0.25) is 5.82 Å². The Labute approximate surface area is 123 Å². The number of hydrogen-bond donors (Lipinski definition) is 3. The van der Waals surface area contributed by atoms with Gasteiger partial charge >= 0.3 is 5.69 Å². The molecule has 116 valence electrons. The first-order valence-corrected chi connectivity index (χ1v) is 7.34. The molecule has 0 radical (unpaired) electrons. The van der Waals surface area contributed by atoms with Crippen LogP contribution in [0.3, 0.4) is 0 Å². The fraction of sp³-hybridized carbons (Fsp3) is 0.643. The molecule has 0 amide bonds. The van der Waals surface area contributed by atoms with E-state index in [0.29, 0.717) is 18.2 Å². The molecule has 0 saturated heterocycles.